The SMILES string of the molecule is O=C(NC1NC(CN2CCOCC2)=CS1)c1cnc2n1NC(c1ccc(F)cc1F)C=C2. The minimum Gasteiger partial charge on any atom is -0.379 e. The number of amides is 1. The van der Waals surface area contributed by atoms with Crippen LogP contribution in [-0.2, 0) is 4.74 Å². The molecule has 5 rings (SSSR count). The van der Waals surface area contributed by atoms with Crippen LogP contribution in [-0.4, -0.2) is 58.8 Å². The predicted octanol–water partition coefficient (Wildman–Crippen LogP) is 2.00. The van der Waals surface area contributed by atoms with Gasteiger partial charge in [0.2, 0.25) is 0 Å². The zero-order valence-corrected chi connectivity index (χ0v) is 17.9. The molecular weight excluding hydrogens is 438 g/mol. The number of morpholine rings is 1. The number of nitrogens with zero attached hydrogens (tertiary/aromatic N) is 3. The first kappa shape index (κ1) is 21.0. The van der Waals surface area contributed by atoms with Gasteiger partial charge in [0.25, 0.3) is 5.91 Å². The van der Waals surface area contributed by atoms with Crippen molar-refractivity contribution in [3.8, 4) is 0 Å². The second-order valence-electron chi connectivity index (χ2n) is 7.63. The number of carbonyl (C=O) groups is 1. The van der Waals surface area contributed by atoms with Gasteiger partial charge < -0.3 is 20.8 Å². The molecule has 2 atom stereocenters. The van der Waals surface area contributed by atoms with Gasteiger partial charge in [-0.1, -0.05) is 23.9 Å². The highest BCUT2D eigenvalue weighted by Gasteiger charge is 2.26. The lowest BCUT2D eigenvalue weighted by Crippen LogP contribution is -2.44. The molecule has 0 bridgehead atoms. The number of hydrogen-bond donors (Lipinski definition) is 3. The number of nitrogens with one attached hydrogen (secondary N) is 3. The van der Waals surface area contributed by atoms with Crippen LogP contribution in [0.3, 0.4) is 0 Å². The van der Waals surface area contributed by atoms with Crippen LogP contribution in [0.1, 0.15) is 27.9 Å². The Morgan fingerprint density at radius 1 is 1.31 bits per heavy atom. The van der Waals surface area contributed by atoms with Gasteiger partial charge in [-0.25, -0.2) is 18.4 Å². The fourth-order valence-corrected chi connectivity index (χ4v) is 4.64. The maximum absolute atomic E-state index is 14.2. The van der Waals surface area contributed by atoms with E-state index in [0.717, 1.165) is 44.6 Å². The summed E-state index contributed by atoms with van der Waals surface area (Å²) >= 11 is 1.49. The third kappa shape index (κ3) is 4.36. The molecule has 1 amide bonds. The van der Waals surface area contributed by atoms with Crippen LogP contribution in [0.4, 0.5) is 8.78 Å². The van der Waals surface area contributed by atoms with E-state index in [1.165, 1.54) is 34.8 Å². The molecule has 3 N–H and O–H groups in total. The van der Waals surface area contributed by atoms with E-state index >= 15 is 0 Å². The molecule has 1 fully saturated rings. The third-order valence-corrected chi connectivity index (χ3v) is 6.38. The van der Waals surface area contributed by atoms with Crippen LogP contribution in [0.25, 0.3) is 6.08 Å². The van der Waals surface area contributed by atoms with E-state index in [4.69, 9.17) is 4.74 Å². The Labute approximate surface area is 187 Å². The number of fused-ring (bicyclic) bond motifs is 1. The summed E-state index contributed by atoms with van der Waals surface area (Å²) in [6.45, 7) is 4.02. The summed E-state index contributed by atoms with van der Waals surface area (Å²) in [5, 5.41) is 8.27. The Balaban J connectivity index is 1.22. The van der Waals surface area contributed by atoms with E-state index in [-0.39, 0.29) is 17.0 Å². The van der Waals surface area contributed by atoms with Gasteiger partial charge in [-0.15, -0.1) is 0 Å². The summed E-state index contributed by atoms with van der Waals surface area (Å²) in [4.78, 5) is 19.5. The number of ether oxygens (including phenoxy) is 1. The molecule has 1 aromatic carbocycles. The summed E-state index contributed by atoms with van der Waals surface area (Å²) in [6, 6.07) is 2.86. The Hall–Kier alpha value is -2.89. The molecule has 4 heterocycles. The lowest BCUT2D eigenvalue weighted by atomic mass is 10.1. The molecule has 1 aromatic heterocycles. The van der Waals surface area contributed by atoms with Gasteiger partial charge in [-0.2, -0.15) is 0 Å². The average Bonchev–Trinajstić information content (AvgIpc) is 3.40. The van der Waals surface area contributed by atoms with Gasteiger partial charge in [-0.3, -0.25) is 9.69 Å². The maximum Gasteiger partial charge on any atom is 0.273 e. The summed E-state index contributed by atoms with van der Waals surface area (Å²) in [6.07, 6.45) is 4.88. The predicted molar refractivity (Wildman–Crippen MR) is 117 cm³/mol. The summed E-state index contributed by atoms with van der Waals surface area (Å²) < 4.78 is 34.4. The second-order valence-corrected chi connectivity index (χ2v) is 8.61. The minimum atomic E-state index is -0.660. The molecule has 0 radical (unpaired) electrons. The first-order chi connectivity index (χ1) is 15.6. The van der Waals surface area contributed by atoms with Gasteiger partial charge in [0.1, 0.15) is 17.3 Å². The molecule has 32 heavy (non-hydrogen) atoms. The van der Waals surface area contributed by atoms with Gasteiger partial charge in [-0.05, 0) is 17.6 Å². The van der Waals surface area contributed by atoms with Crippen LogP contribution in [0.2, 0.25) is 0 Å². The van der Waals surface area contributed by atoms with Crippen LogP contribution >= 0.6 is 11.8 Å². The van der Waals surface area contributed by atoms with Crippen molar-refractivity contribution in [2.24, 2.45) is 0 Å². The van der Waals surface area contributed by atoms with Crippen molar-refractivity contribution in [2.75, 3.05) is 38.3 Å². The van der Waals surface area contributed by atoms with Crippen LogP contribution in [0, 0.1) is 11.6 Å². The molecule has 0 saturated carbocycles. The largest absolute Gasteiger partial charge is 0.379 e. The highest BCUT2D eigenvalue weighted by atomic mass is 32.2. The van der Waals surface area contributed by atoms with Gasteiger partial charge in [0.05, 0.1) is 25.5 Å². The highest BCUT2D eigenvalue weighted by Crippen LogP contribution is 2.26. The number of aromatic nitrogens is 2. The van der Waals surface area contributed by atoms with Crippen molar-refractivity contribution in [2.45, 2.75) is 11.5 Å². The zero-order valence-electron chi connectivity index (χ0n) is 17.1. The Morgan fingerprint density at radius 2 is 2.16 bits per heavy atom. The number of benzene rings is 1. The standard InChI is InChI=1S/C21H22F2N6O2S/c22-13-1-2-15(16(23)9-13)17-3-4-19-24-10-18(29(19)27-17)20(30)26-21-25-14(12-32-21)11-28-5-7-31-8-6-28/h1-4,9-10,12,17,21,25,27H,5-8,11H2,(H,26,30). The summed E-state index contributed by atoms with van der Waals surface area (Å²) in [7, 11) is 0. The normalized spacial score (nSPS) is 22.6. The fourth-order valence-electron chi connectivity index (χ4n) is 3.80. The summed E-state index contributed by atoms with van der Waals surface area (Å²) in [5.74, 6) is -1.10. The van der Waals surface area contributed by atoms with Crippen molar-refractivity contribution in [1.29, 1.82) is 0 Å². The number of carbonyl (C=O) groups excluding carboxylic acids is 1. The maximum atomic E-state index is 14.2. The fraction of sp³-hybridized carbons (Fsp3) is 0.333. The molecule has 1 saturated heterocycles. The van der Waals surface area contributed by atoms with Crippen molar-refractivity contribution in [3.63, 3.8) is 0 Å². The molecule has 3 aliphatic heterocycles. The van der Waals surface area contributed by atoms with E-state index in [0.29, 0.717) is 11.5 Å². The van der Waals surface area contributed by atoms with Crippen LogP contribution < -0.4 is 16.1 Å². The molecule has 8 nitrogen and oxygen atoms in total. The summed E-state index contributed by atoms with van der Waals surface area (Å²) in [5.41, 5.74) is 4.39. The number of rotatable bonds is 5. The van der Waals surface area contributed by atoms with Gasteiger partial charge in [0, 0.05) is 37.0 Å². The smallest absolute Gasteiger partial charge is 0.273 e. The molecule has 2 unspecified atom stereocenters. The first-order valence-corrected chi connectivity index (χ1v) is 11.2. The first-order valence-electron chi connectivity index (χ1n) is 10.3. The lowest BCUT2D eigenvalue weighted by Gasteiger charge is -2.27. The Bertz CT molecular complexity index is 1080. The topological polar surface area (TPSA) is 83.5 Å². The second kappa shape index (κ2) is 8.93. The third-order valence-electron chi connectivity index (χ3n) is 5.45. The van der Waals surface area contributed by atoms with E-state index < -0.39 is 17.7 Å². The number of hydrogen-bond acceptors (Lipinski definition) is 7. The van der Waals surface area contributed by atoms with Crippen molar-refractivity contribution >= 4 is 23.7 Å². The molecule has 0 spiro atoms. The zero-order chi connectivity index (χ0) is 22.1. The van der Waals surface area contributed by atoms with E-state index in [1.807, 2.05) is 5.41 Å². The van der Waals surface area contributed by atoms with Crippen molar-refractivity contribution < 1.29 is 18.3 Å². The van der Waals surface area contributed by atoms with Crippen LogP contribution in [0.5, 0.6) is 0 Å². The van der Waals surface area contributed by atoms with Crippen molar-refractivity contribution in [1.82, 2.24) is 25.2 Å². The molecule has 0 aliphatic carbocycles. The monoisotopic (exact) mass is 460 g/mol. The number of halogens is 2. The van der Waals surface area contributed by atoms with Gasteiger partial charge >= 0.3 is 0 Å². The highest BCUT2D eigenvalue weighted by molar-refractivity contribution is 8.02. The van der Waals surface area contributed by atoms with Gasteiger partial charge in [0.15, 0.2) is 11.3 Å². The van der Waals surface area contributed by atoms with E-state index in [1.54, 1.807) is 12.2 Å². The Kier molecular flexibility index (Phi) is 5.85. The number of thioether (sulfide) groups is 1. The van der Waals surface area contributed by atoms with E-state index in [9.17, 15) is 13.6 Å². The lowest BCUT2D eigenvalue weighted by molar-refractivity contribution is 0.0416. The molecule has 11 heteroatoms. The van der Waals surface area contributed by atoms with Crippen LogP contribution in [0.15, 0.2) is 41.6 Å². The Morgan fingerprint density at radius 3 is 2.97 bits per heavy atom. The number of imidazole rings is 1. The van der Waals surface area contributed by atoms with Crippen molar-refractivity contribution in [3.05, 3.63) is 70.3 Å². The quantitative estimate of drug-likeness (QED) is 0.630. The molecule has 3 aliphatic rings. The molecular formula is C21H22F2N6O2S. The minimum absolute atomic E-state index is 0.276. The average molecular weight is 461 g/mol. The molecule has 2 aromatic rings. The molecule has 168 valence electrons. The van der Waals surface area contributed by atoms with E-state index in [2.05, 4.69) is 25.9 Å².